The van der Waals surface area contributed by atoms with Gasteiger partial charge in [-0.2, -0.15) is 0 Å². The molecule has 1 aromatic carbocycles. The number of benzene rings is 1. The molecule has 30 heavy (non-hydrogen) atoms. The summed E-state index contributed by atoms with van der Waals surface area (Å²) >= 11 is 6.38. The van der Waals surface area contributed by atoms with Crippen LogP contribution in [0.5, 0.6) is 0 Å². The van der Waals surface area contributed by atoms with Gasteiger partial charge in [0.25, 0.3) is 11.9 Å². The molecule has 1 unspecified atom stereocenters. The van der Waals surface area contributed by atoms with Crippen LogP contribution in [0.15, 0.2) is 72.5 Å². The van der Waals surface area contributed by atoms with Gasteiger partial charge in [-0.3, -0.25) is 9.78 Å². The SMILES string of the molecule is C=CC(C)(C)CC(N=C(Nc1cccnc1)N[N+](=O)[O-])N(Cl)C(=O)c1ccccc1. The van der Waals surface area contributed by atoms with Crippen LogP contribution < -0.4 is 10.7 Å². The van der Waals surface area contributed by atoms with Crippen molar-refractivity contribution in [3.63, 3.8) is 0 Å². The van der Waals surface area contributed by atoms with Gasteiger partial charge in [-0.05, 0) is 36.1 Å². The van der Waals surface area contributed by atoms with Gasteiger partial charge in [-0.1, -0.05) is 43.5 Å². The van der Waals surface area contributed by atoms with E-state index in [0.29, 0.717) is 11.3 Å². The molecule has 158 valence electrons. The fourth-order valence-electron chi connectivity index (χ4n) is 2.47. The highest BCUT2D eigenvalue weighted by Crippen LogP contribution is 2.28. The van der Waals surface area contributed by atoms with Crippen LogP contribution in [0.3, 0.4) is 0 Å². The van der Waals surface area contributed by atoms with E-state index < -0.39 is 22.5 Å². The van der Waals surface area contributed by atoms with E-state index in [-0.39, 0.29) is 12.4 Å². The van der Waals surface area contributed by atoms with E-state index in [1.807, 2.05) is 19.3 Å². The first-order valence-corrected chi connectivity index (χ1v) is 9.39. The maximum absolute atomic E-state index is 12.8. The number of hydrogen-bond donors (Lipinski definition) is 2. The van der Waals surface area contributed by atoms with Crippen LogP contribution >= 0.6 is 11.8 Å². The van der Waals surface area contributed by atoms with E-state index >= 15 is 0 Å². The highest BCUT2D eigenvalue weighted by Gasteiger charge is 2.29. The number of nitro groups is 1. The molecule has 1 amide bonds. The van der Waals surface area contributed by atoms with E-state index in [0.717, 1.165) is 4.42 Å². The number of carbonyl (C=O) groups excluding carboxylic acids is 1. The first-order chi connectivity index (χ1) is 14.2. The predicted octanol–water partition coefficient (Wildman–Crippen LogP) is 3.86. The molecule has 0 radical (unpaired) electrons. The van der Waals surface area contributed by atoms with Gasteiger partial charge >= 0.3 is 0 Å². The number of halogens is 1. The third kappa shape index (κ3) is 6.85. The predicted molar refractivity (Wildman–Crippen MR) is 116 cm³/mol. The Morgan fingerprint density at radius 2 is 2.07 bits per heavy atom. The molecule has 2 rings (SSSR count). The summed E-state index contributed by atoms with van der Waals surface area (Å²) in [4.78, 5) is 32.2. The molecule has 2 aromatic rings. The summed E-state index contributed by atoms with van der Waals surface area (Å²) in [5, 5.41) is 13.1. The minimum Gasteiger partial charge on any atom is -0.320 e. The van der Waals surface area contributed by atoms with Crippen LogP contribution in [0.2, 0.25) is 0 Å². The molecule has 9 nitrogen and oxygen atoms in total. The lowest BCUT2D eigenvalue weighted by atomic mass is 9.88. The van der Waals surface area contributed by atoms with Crippen LogP contribution in [0.4, 0.5) is 5.69 Å². The Bertz CT molecular complexity index is 905. The first kappa shape index (κ1) is 22.8. The number of nitrogens with one attached hydrogen (secondary N) is 2. The van der Waals surface area contributed by atoms with E-state index in [1.54, 1.807) is 54.7 Å². The lowest BCUT2D eigenvalue weighted by Crippen LogP contribution is -2.41. The second-order valence-corrected chi connectivity index (χ2v) is 7.44. The van der Waals surface area contributed by atoms with Crippen LogP contribution in [0, 0.1) is 15.5 Å². The highest BCUT2D eigenvalue weighted by atomic mass is 35.5. The minimum atomic E-state index is -0.931. The molecule has 10 heteroatoms. The standard InChI is InChI=1S/C20H23ClN6O3/c1-4-20(2,3)13-17(26(21)18(28)15-9-6-5-7-10-15)24-19(25-27(29)30)23-16-11-8-12-22-14-16/h4-12,14,17H,1,13H2,2-3H3,(H2,23,24,25). The van der Waals surface area contributed by atoms with E-state index in [4.69, 9.17) is 11.8 Å². The quantitative estimate of drug-likeness (QED) is 0.164. The van der Waals surface area contributed by atoms with Gasteiger partial charge in [0.1, 0.15) is 6.17 Å². The van der Waals surface area contributed by atoms with E-state index in [2.05, 4.69) is 21.9 Å². The topological polar surface area (TPSA) is 113 Å². The number of pyridine rings is 1. The fourth-order valence-corrected chi connectivity index (χ4v) is 2.68. The van der Waals surface area contributed by atoms with Crippen molar-refractivity contribution in [2.24, 2.45) is 10.4 Å². The lowest BCUT2D eigenvalue weighted by molar-refractivity contribution is -0.525. The van der Waals surface area contributed by atoms with Gasteiger partial charge in [-0.25, -0.2) is 19.5 Å². The summed E-state index contributed by atoms with van der Waals surface area (Å²) in [5.41, 5.74) is 2.40. The smallest absolute Gasteiger partial charge is 0.270 e. The molecule has 0 fully saturated rings. The average molecular weight is 431 g/mol. The monoisotopic (exact) mass is 430 g/mol. The molecular formula is C20H23ClN6O3. The first-order valence-electron chi connectivity index (χ1n) is 9.06. The molecule has 1 atom stereocenters. The van der Waals surface area contributed by atoms with Gasteiger partial charge in [-0.15, -0.1) is 6.58 Å². The summed E-state index contributed by atoms with van der Waals surface area (Å²) in [6.45, 7) is 7.60. The number of carbonyl (C=O) groups is 1. The number of rotatable bonds is 8. The molecule has 0 bridgehead atoms. The molecule has 0 aliphatic rings. The van der Waals surface area contributed by atoms with Gasteiger partial charge in [0.05, 0.1) is 11.9 Å². The maximum Gasteiger partial charge on any atom is 0.270 e. The van der Waals surface area contributed by atoms with Crippen LogP contribution in [-0.2, 0) is 0 Å². The van der Waals surface area contributed by atoms with Crippen molar-refractivity contribution in [3.8, 4) is 0 Å². The number of amides is 1. The zero-order valence-corrected chi connectivity index (χ0v) is 17.4. The lowest BCUT2D eigenvalue weighted by Gasteiger charge is -2.29. The third-order valence-electron chi connectivity index (χ3n) is 4.14. The van der Waals surface area contributed by atoms with Crippen LogP contribution in [-0.4, -0.2) is 32.5 Å². The Morgan fingerprint density at radius 3 is 2.63 bits per heavy atom. The molecule has 0 spiro atoms. The number of anilines is 1. The molecule has 0 aliphatic carbocycles. The van der Waals surface area contributed by atoms with Crippen LogP contribution in [0.1, 0.15) is 30.6 Å². The Balaban J connectivity index is 2.40. The summed E-state index contributed by atoms with van der Waals surface area (Å²) in [6.07, 6.45) is 4.10. The molecule has 1 aromatic heterocycles. The number of aromatic nitrogens is 1. The Hall–Kier alpha value is -3.46. The number of nitrogens with zero attached hydrogens (tertiary/aromatic N) is 4. The van der Waals surface area contributed by atoms with Crippen molar-refractivity contribution < 1.29 is 9.83 Å². The van der Waals surface area contributed by atoms with Gasteiger partial charge in [0, 0.05) is 23.5 Å². The summed E-state index contributed by atoms with van der Waals surface area (Å²) < 4.78 is 0.938. The Kier molecular flexibility index (Phi) is 7.88. The van der Waals surface area contributed by atoms with Crippen molar-refractivity contribution in [2.45, 2.75) is 26.4 Å². The number of aliphatic imine (C=N–C) groups is 1. The number of hydrogen-bond acceptors (Lipinski definition) is 5. The van der Waals surface area contributed by atoms with Gasteiger partial charge < -0.3 is 5.32 Å². The van der Waals surface area contributed by atoms with E-state index in [9.17, 15) is 14.9 Å². The number of guanidine groups is 1. The second kappa shape index (κ2) is 10.4. The van der Waals surface area contributed by atoms with Gasteiger partial charge in [0.15, 0.2) is 5.03 Å². The Morgan fingerprint density at radius 1 is 1.37 bits per heavy atom. The fraction of sp³-hybridized carbons (Fsp3) is 0.250. The molecule has 2 N–H and O–H groups in total. The van der Waals surface area contributed by atoms with Crippen LogP contribution in [0.25, 0.3) is 0 Å². The summed E-state index contributed by atoms with van der Waals surface area (Å²) in [6, 6.07) is 11.8. The minimum absolute atomic E-state index is 0.190. The second-order valence-electron chi connectivity index (χ2n) is 7.07. The van der Waals surface area contributed by atoms with Crippen molar-refractivity contribution in [2.75, 3.05) is 5.32 Å². The zero-order valence-electron chi connectivity index (χ0n) is 16.7. The number of hydrazine groups is 1. The van der Waals surface area contributed by atoms with Crippen molar-refractivity contribution in [1.29, 1.82) is 0 Å². The molecule has 0 aliphatic heterocycles. The molecule has 0 saturated carbocycles. The van der Waals surface area contributed by atoms with Crippen molar-refractivity contribution in [1.82, 2.24) is 14.8 Å². The van der Waals surface area contributed by atoms with E-state index in [1.165, 1.54) is 6.20 Å². The third-order valence-corrected chi connectivity index (χ3v) is 4.52. The molecule has 0 saturated heterocycles. The summed E-state index contributed by atoms with van der Waals surface area (Å²) in [5.74, 6) is -0.669. The largest absolute Gasteiger partial charge is 0.320 e. The Labute approximate surface area is 179 Å². The summed E-state index contributed by atoms with van der Waals surface area (Å²) in [7, 11) is 0. The highest BCUT2D eigenvalue weighted by molar-refractivity contribution is 6.24. The zero-order chi connectivity index (χ0) is 22.1. The van der Waals surface area contributed by atoms with Gasteiger partial charge in [0.2, 0.25) is 0 Å². The van der Waals surface area contributed by atoms with Crippen molar-refractivity contribution in [3.05, 3.63) is 83.2 Å². The molecular weight excluding hydrogens is 408 g/mol. The van der Waals surface area contributed by atoms with Crippen molar-refractivity contribution >= 4 is 29.3 Å². The normalized spacial score (nSPS) is 12.6. The average Bonchev–Trinajstić information content (AvgIpc) is 2.73. The maximum atomic E-state index is 12.8. The molecule has 1 heterocycles. The number of allylic oxidation sites excluding steroid dienone is 1.